The summed E-state index contributed by atoms with van der Waals surface area (Å²) in [6, 6.07) is 19.9. The van der Waals surface area contributed by atoms with Crippen molar-refractivity contribution >= 4 is 17.4 Å². The van der Waals surface area contributed by atoms with Crippen molar-refractivity contribution in [3.05, 3.63) is 88.6 Å². The number of amides is 1. The SMILES string of the molecule is Cc1cc(C(=O)Nc2ccc(Cc3ccccc3)cc2)c(N)nc1C. The predicted octanol–water partition coefficient (Wildman–Crippen LogP) is 4.12. The summed E-state index contributed by atoms with van der Waals surface area (Å²) >= 11 is 0. The molecule has 126 valence electrons. The average molecular weight is 331 g/mol. The number of anilines is 2. The van der Waals surface area contributed by atoms with Gasteiger partial charge in [-0.25, -0.2) is 4.98 Å². The Morgan fingerprint density at radius 1 is 1.00 bits per heavy atom. The third kappa shape index (κ3) is 4.04. The van der Waals surface area contributed by atoms with Crippen LogP contribution in [0, 0.1) is 13.8 Å². The lowest BCUT2D eigenvalue weighted by atomic mass is 10.0. The molecule has 0 unspecified atom stereocenters. The smallest absolute Gasteiger partial charge is 0.259 e. The number of aromatic nitrogens is 1. The maximum atomic E-state index is 12.4. The fourth-order valence-electron chi connectivity index (χ4n) is 2.64. The molecule has 3 aromatic rings. The summed E-state index contributed by atoms with van der Waals surface area (Å²) in [4.78, 5) is 16.7. The highest BCUT2D eigenvalue weighted by Crippen LogP contribution is 2.18. The van der Waals surface area contributed by atoms with Crippen LogP contribution in [-0.2, 0) is 6.42 Å². The number of nitrogen functional groups attached to an aromatic ring is 1. The van der Waals surface area contributed by atoms with Gasteiger partial charge in [-0.05, 0) is 55.2 Å². The van der Waals surface area contributed by atoms with Gasteiger partial charge in [-0.2, -0.15) is 0 Å². The molecule has 3 N–H and O–H groups in total. The van der Waals surface area contributed by atoms with Crippen LogP contribution in [0.5, 0.6) is 0 Å². The molecule has 25 heavy (non-hydrogen) atoms. The molecule has 1 aromatic heterocycles. The van der Waals surface area contributed by atoms with E-state index in [4.69, 9.17) is 5.73 Å². The molecular weight excluding hydrogens is 310 g/mol. The summed E-state index contributed by atoms with van der Waals surface area (Å²) in [5.74, 6) is 0.00482. The van der Waals surface area contributed by atoms with E-state index in [1.165, 1.54) is 11.1 Å². The largest absolute Gasteiger partial charge is 0.383 e. The second-order valence-corrected chi connectivity index (χ2v) is 6.14. The highest BCUT2D eigenvalue weighted by Gasteiger charge is 2.13. The van der Waals surface area contributed by atoms with E-state index in [1.807, 2.05) is 56.3 Å². The molecule has 1 heterocycles. The summed E-state index contributed by atoms with van der Waals surface area (Å²) in [6.45, 7) is 3.79. The first-order chi connectivity index (χ1) is 12.0. The van der Waals surface area contributed by atoms with E-state index in [1.54, 1.807) is 6.07 Å². The van der Waals surface area contributed by atoms with E-state index in [9.17, 15) is 4.79 Å². The Balaban J connectivity index is 1.71. The fourth-order valence-corrected chi connectivity index (χ4v) is 2.64. The molecule has 0 fully saturated rings. The van der Waals surface area contributed by atoms with Gasteiger partial charge in [-0.3, -0.25) is 4.79 Å². The van der Waals surface area contributed by atoms with Crippen LogP contribution < -0.4 is 11.1 Å². The third-order valence-corrected chi connectivity index (χ3v) is 4.20. The summed E-state index contributed by atoms with van der Waals surface area (Å²) in [6.07, 6.45) is 0.864. The van der Waals surface area contributed by atoms with Crippen molar-refractivity contribution in [3.63, 3.8) is 0 Å². The van der Waals surface area contributed by atoms with Crippen LogP contribution in [0.4, 0.5) is 11.5 Å². The number of nitrogens with two attached hydrogens (primary N) is 1. The molecule has 3 rings (SSSR count). The molecule has 0 saturated carbocycles. The van der Waals surface area contributed by atoms with E-state index in [0.717, 1.165) is 23.4 Å². The first-order valence-electron chi connectivity index (χ1n) is 8.21. The maximum Gasteiger partial charge on any atom is 0.259 e. The average Bonchev–Trinajstić information content (AvgIpc) is 2.60. The minimum absolute atomic E-state index is 0.246. The van der Waals surface area contributed by atoms with Crippen LogP contribution in [-0.4, -0.2) is 10.9 Å². The van der Waals surface area contributed by atoms with Crippen LogP contribution in [0.1, 0.15) is 32.7 Å². The molecule has 0 spiro atoms. The highest BCUT2D eigenvalue weighted by molar-refractivity contribution is 6.07. The summed E-state index contributed by atoms with van der Waals surface area (Å²) < 4.78 is 0. The molecule has 0 aliphatic heterocycles. The van der Waals surface area contributed by atoms with Crippen LogP contribution in [0.3, 0.4) is 0 Å². The molecular formula is C21H21N3O. The van der Waals surface area contributed by atoms with Crippen LogP contribution in [0.25, 0.3) is 0 Å². The minimum atomic E-state index is -0.246. The Morgan fingerprint density at radius 3 is 2.32 bits per heavy atom. The molecule has 1 amide bonds. The zero-order valence-corrected chi connectivity index (χ0v) is 14.4. The lowest BCUT2D eigenvalue weighted by molar-refractivity contribution is 0.102. The van der Waals surface area contributed by atoms with E-state index in [2.05, 4.69) is 22.4 Å². The monoisotopic (exact) mass is 331 g/mol. The van der Waals surface area contributed by atoms with Crippen molar-refractivity contribution in [2.45, 2.75) is 20.3 Å². The van der Waals surface area contributed by atoms with Gasteiger partial charge < -0.3 is 11.1 Å². The predicted molar refractivity (Wildman–Crippen MR) is 102 cm³/mol. The first-order valence-corrected chi connectivity index (χ1v) is 8.21. The number of carbonyl (C=O) groups is 1. The van der Waals surface area contributed by atoms with Crippen molar-refractivity contribution in [2.24, 2.45) is 0 Å². The van der Waals surface area contributed by atoms with Gasteiger partial charge in [-0.15, -0.1) is 0 Å². The number of hydrogen-bond acceptors (Lipinski definition) is 3. The number of rotatable bonds is 4. The number of benzene rings is 2. The molecule has 0 saturated heterocycles. The number of nitrogens with one attached hydrogen (secondary N) is 1. The van der Waals surface area contributed by atoms with Gasteiger partial charge in [0.05, 0.1) is 5.56 Å². The second-order valence-electron chi connectivity index (χ2n) is 6.14. The Hall–Kier alpha value is -3.14. The van der Waals surface area contributed by atoms with Crippen molar-refractivity contribution in [1.29, 1.82) is 0 Å². The number of pyridine rings is 1. The van der Waals surface area contributed by atoms with Crippen molar-refractivity contribution < 1.29 is 4.79 Å². The van der Waals surface area contributed by atoms with E-state index in [-0.39, 0.29) is 11.7 Å². The Labute approximate surface area is 147 Å². The second kappa shape index (κ2) is 7.18. The van der Waals surface area contributed by atoms with Gasteiger partial charge in [0, 0.05) is 11.4 Å². The van der Waals surface area contributed by atoms with Crippen molar-refractivity contribution in [1.82, 2.24) is 4.98 Å². The van der Waals surface area contributed by atoms with Gasteiger partial charge >= 0.3 is 0 Å². The molecule has 0 bridgehead atoms. The van der Waals surface area contributed by atoms with Gasteiger partial charge in [0.25, 0.3) is 5.91 Å². The molecule has 0 aliphatic rings. The Kier molecular flexibility index (Phi) is 4.80. The zero-order valence-electron chi connectivity index (χ0n) is 14.4. The summed E-state index contributed by atoms with van der Waals surface area (Å²) in [5.41, 5.74) is 11.2. The molecule has 2 aromatic carbocycles. The van der Waals surface area contributed by atoms with Gasteiger partial charge in [0.1, 0.15) is 5.82 Å². The lowest BCUT2D eigenvalue weighted by Crippen LogP contribution is -2.15. The summed E-state index contributed by atoms with van der Waals surface area (Å²) in [7, 11) is 0. The Morgan fingerprint density at radius 2 is 1.64 bits per heavy atom. The van der Waals surface area contributed by atoms with Crippen LogP contribution in [0.2, 0.25) is 0 Å². The molecule has 0 radical (unpaired) electrons. The maximum absolute atomic E-state index is 12.4. The van der Waals surface area contributed by atoms with Crippen molar-refractivity contribution in [2.75, 3.05) is 11.1 Å². The van der Waals surface area contributed by atoms with Crippen LogP contribution >= 0.6 is 0 Å². The third-order valence-electron chi connectivity index (χ3n) is 4.20. The highest BCUT2D eigenvalue weighted by atomic mass is 16.1. The standard InChI is InChI=1S/C21H21N3O/c1-14-12-19(20(22)23-15(14)2)21(25)24-18-10-8-17(9-11-18)13-16-6-4-3-5-7-16/h3-12H,13H2,1-2H3,(H2,22,23)(H,24,25). The molecule has 4 heteroatoms. The van der Waals surface area contributed by atoms with Gasteiger partial charge in [0.15, 0.2) is 0 Å². The number of carbonyl (C=O) groups excluding carboxylic acids is 1. The molecule has 0 aliphatic carbocycles. The Bertz CT molecular complexity index is 887. The van der Waals surface area contributed by atoms with E-state index < -0.39 is 0 Å². The molecule has 4 nitrogen and oxygen atoms in total. The number of nitrogens with zero attached hydrogens (tertiary/aromatic N) is 1. The van der Waals surface area contributed by atoms with Crippen LogP contribution in [0.15, 0.2) is 60.7 Å². The zero-order chi connectivity index (χ0) is 17.8. The number of aryl methyl sites for hydroxylation is 2. The van der Waals surface area contributed by atoms with Gasteiger partial charge in [-0.1, -0.05) is 42.5 Å². The first kappa shape index (κ1) is 16.7. The number of hydrogen-bond donors (Lipinski definition) is 2. The topological polar surface area (TPSA) is 68.0 Å². The molecule has 0 atom stereocenters. The normalized spacial score (nSPS) is 10.5. The quantitative estimate of drug-likeness (QED) is 0.755. The minimum Gasteiger partial charge on any atom is -0.383 e. The van der Waals surface area contributed by atoms with E-state index in [0.29, 0.717) is 5.56 Å². The lowest BCUT2D eigenvalue weighted by Gasteiger charge is -2.10. The summed E-state index contributed by atoms with van der Waals surface area (Å²) in [5, 5.41) is 2.88. The van der Waals surface area contributed by atoms with Gasteiger partial charge in [0.2, 0.25) is 0 Å². The van der Waals surface area contributed by atoms with Crippen molar-refractivity contribution in [3.8, 4) is 0 Å². The van der Waals surface area contributed by atoms with E-state index >= 15 is 0 Å². The fraction of sp³-hybridized carbons (Fsp3) is 0.143.